The van der Waals surface area contributed by atoms with Gasteiger partial charge in [-0.2, -0.15) is 0 Å². The van der Waals surface area contributed by atoms with E-state index in [0.717, 1.165) is 12.3 Å². The van der Waals surface area contributed by atoms with Crippen LogP contribution in [0.1, 0.15) is 25.7 Å². The fourth-order valence-electron chi connectivity index (χ4n) is 2.13. The molecule has 1 saturated carbocycles. The number of aromatic nitrogens is 1. The van der Waals surface area contributed by atoms with Crippen LogP contribution in [0.2, 0.25) is 5.02 Å². The molecule has 0 radical (unpaired) electrons. The lowest BCUT2D eigenvalue weighted by Crippen LogP contribution is -2.37. The molecule has 21 heavy (non-hydrogen) atoms. The zero-order valence-electron chi connectivity index (χ0n) is 11.1. The van der Waals surface area contributed by atoms with E-state index in [4.69, 9.17) is 21.5 Å². The molecule has 0 aromatic carbocycles. The van der Waals surface area contributed by atoms with E-state index in [1.165, 1.54) is 0 Å². The summed E-state index contributed by atoms with van der Waals surface area (Å²) < 4.78 is 41.9. The average Bonchev–Trinajstić information content (AvgIpc) is 2.40. The van der Waals surface area contributed by atoms with Gasteiger partial charge in [-0.25, -0.2) is 22.9 Å². The molecule has 0 amide bonds. The van der Waals surface area contributed by atoms with E-state index in [0.29, 0.717) is 12.8 Å². The molecular weight excluding hydrogens is 323 g/mol. The van der Waals surface area contributed by atoms with Gasteiger partial charge >= 0.3 is 0 Å². The number of sulfonamides is 1. The van der Waals surface area contributed by atoms with Crippen LogP contribution in [0.15, 0.2) is 17.2 Å². The van der Waals surface area contributed by atoms with E-state index >= 15 is 0 Å². The van der Waals surface area contributed by atoms with Gasteiger partial charge in [-0.05, 0) is 31.7 Å². The number of nitrogens with two attached hydrogens (primary N) is 1. The first-order valence-electron chi connectivity index (χ1n) is 6.38. The van der Waals surface area contributed by atoms with Gasteiger partial charge in [-0.3, -0.25) is 0 Å². The average molecular weight is 339 g/mol. The molecule has 1 aromatic heterocycles. The maximum atomic E-state index is 14.4. The van der Waals surface area contributed by atoms with Gasteiger partial charge in [-0.15, -0.1) is 0 Å². The van der Waals surface area contributed by atoms with Crippen molar-refractivity contribution in [3.05, 3.63) is 17.3 Å². The van der Waals surface area contributed by atoms with Gasteiger partial charge in [0, 0.05) is 0 Å². The second kappa shape index (κ2) is 6.04. The van der Waals surface area contributed by atoms with Crippen LogP contribution in [-0.4, -0.2) is 36.9 Å². The molecule has 0 bridgehead atoms. The van der Waals surface area contributed by atoms with Crippen LogP contribution in [0.25, 0.3) is 0 Å². The van der Waals surface area contributed by atoms with Crippen LogP contribution in [0.5, 0.6) is 5.88 Å². The summed E-state index contributed by atoms with van der Waals surface area (Å²) in [6.07, 6.45) is 1.69. The lowest BCUT2D eigenvalue weighted by atomic mass is 9.85. The number of primary sulfonamides is 1. The first-order valence-corrected chi connectivity index (χ1v) is 8.30. The van der Waals surface area contributed by atoms with Crippen LogP contribution in [-0.2, 0) is 10.0 Å². The Morgan fingerprint density at radius 3 is 2.67 bits per heavy atom. The van der Waals surface area contributed by atoms with Crippen LogP contribution < -0.4 is 9.88 Å². The normalized spacial score (nSPS) is 26.6. The lowest BCUT2D eigenvalue weighted by Gasteiger charge is -2.31. The molecule has 1 aliphatic rings. The monoisotopic (exact) mass is 338 g/mol. The fraction of sp³-hybridized carbons (Fsp3) is 0.583. The number of nitrogens with zero attached hydrogens (tertiary/aromatic N) is 1. The minimum atomic E-state index is -3.90. The molecule has 2 rings (SSSR count). The van der Waals surface area contributed by atoms with Gasteiger partial charge in [0.25, 0.3) is 0 Å². The molecule has 3 N–H and O–H groups in total. The molecule has 9 heteroatoms. The van der Waals surface area contributed by atoms with Crippen molar-refractivity contribution in [1.82, 2.24) is 4.98 Å². The number of hydrogen-bond donors (Lipinski definition) is 2. The summed E-state index contributed by atoms with van der Waals surface area (Å²) >= 11 is 5.85. The Bertz CT molecular complexity index is 618. The molecule has 0 unspecified atom stereocenters. The third kappa shape index (κ3) is 4.26. The Kier molecular flexibility index (Phi) is 4.72. The summed E-state index contributed by atoms with van der Waals surface area (Å²) in [4.78, 5) is 3.51. The highest BCUT2D eigenvalue weighted by Gasteiger charge is 2.36. The van der Waals surface area contributed by atoms with Gasteiger partial charge in [-0.1, -0.05) is 11.6 Å². The highest BCUT2D eigenvalue weighted by molar-refractivity contribution is 7.89. The van der Waals surface area contributed by atoms with Gasteiger partial charge in [0.05, 0.1) is 12.3 Å². The Balaban J connectivity index is 2.04. The van der Waals surface area contributed by atoms with E-state index in [1.807, 2.05) is 0 Å². The molecule has 1 aliphatic carbocycles. The van der Waals surface area contributed by atoms with Crippen molar-refractivity contribution in [2.75, 3.05) is 6.61 Å². The van der Waals surface area contributed by atoms with Crippen molar-refractivity contribution >= 4 is 21.6 Å². The first kappa shape index (κ1) is 16.4. The molecule has 0 aliphatic heterocycles. The van der Waals surface area contributed by atoms with Gasteiger partial charge in [0.2, 0.25) is 15.9 Å². The highest BCUT2D eigenvalue weighted by Crippen LogP contribution is 2.33. The quantitative estimate of drug-likeness (QED) is 0.864. The van der Waals surface area contributed by atoms with Crippen molar-refractivity contribution < 1.29 is 22.7 Å². The molecule has 118 valence electrons. The number of halogens is 2. The molecule has 1 heterocycles. The largest absolute Gasteiger partial charge is 0.473 e. The molecule has 1 aromatic rings. The summed E-state index contributed by atoms with van der Waals surface area (Å²) in [5.41, 5.74) is -1.54. The van der Waals surface area contributed by atoms with Crippen LogP contribution in [0.3, 0.4) is 0 Å². The summed E-state index contributed by atoms with van der Waals surface area (Å²) in [5, 5.41) is 14.3. The lowest BCUT2D eigenvalue weighted by molar-refractivity contribution is 0.00180. The predicted octanol–water partition coefficient (Wildman–Crippen LogP) is 1.40. The molecule has 0 saturated heterocycles. The molecule has 6 nitrogen and oxygen atoms in total. The Hall–Kier alpha value is -0.960. The number of pyridine rings is 1. The van der Waals surface area contributed by atoms with Crippen molar-refractivity contribution in [1.29, 1.82) is 0 Å². The van der Waals surface area contributed by atoms with Crippen LogP contribution >= 0.6 is 11.6 Å². The number of aliphatic hydroxyl groups is 1. The maximum absolute atomic E-state index is 14.4. The number of ether oxygens (including phenoxy) is 1. The summed E-state index contributed by atoms with van der Waals surface area (Å²) in [5.74, 6) is -0.0489. The number of hydrogen-bond acceptors (Lipinski definition) is 5. The fourth-order valence-corrected chi connectivity index (χ4v) is 2.90. The number of aliphatic hydroxyl groups excluding tert-OH is 1. The van der Waals surface area contributed by atoms with Gasteiger partial charge in [0.1, 0.15) is 22.2 Å². The molecule has 1 fully saturated rings. The summed E-state index contributed by atoms with van der Waals surface area (Å²) in [6, 6.07) is 1.11. The van der Waals surface area contributed by atoms with Crippen molar-refractivity contribution in [2.45, 2.75) is 42.4 Å². The SMILES string of the molecule is NS(=O)(=O)c1cnc(OC[C@]2(F)CC[C@H](O)CC2)c(Cl)c1. The molecule has 0 spiro atoms. The standard InChI is InChI=1S/C12H16ClFN2O4S/c13-10-5-9(21(15,18)19)6-16-11(10)20-7-12(14)3-1-8(17)2-4-12/h5-6,8,17H,1-4,7H2,(H2,15,18,19)/t8-,12-. The second-order valence-electron chi connectivity index (χ2n) is 5.17. The highest BCUT2D eigenvalue weighted by atomic mass is 35.5. The Morgan fingerprint density at radius 1 is 1.52 bits per heavy atom. The zero-order chi connectivity index (χ0) is 15.7. The van der Waals surface area contributed by atoms with E-state index < -0.39 is 21.8 Å². The van der Waals surface area contributed by atoms with Gasteiger partial charge < -0.3 is 9.84 Å². The number of alkyl halides is 1. The van der Waals surface area contributed by atoms with Gasteiger partial charge in [0.15, 0.2) is 0 Å². The zero-order valence-corrected chi connectivity index (χ0v) is 12.7. The molecule has 0 atom stereocenters. The smallest absolute Gasteiger partial charge is 0.239 e. The topological polar surface area (TPSA) is 103 Å². The third-order valence-corrected chi connectivity index (χ3v) is 4.58. The van der Waals surface area contributed by atoms with Crippen LogP contribution in [0, 0.1) is 0 Å². The summed E-state index contributed by atoms with van der Waals surface area (Å²) in [6.45, 7) is -0.249. The predicted molar refractivity (Wildman–Crippen MR) is 74.4 cm³/mol. The van der Waals surface area contributed by atoms with Crippen LogP contribution in [0.4, 0.5) is 4.39 Å². The maximum Gasteiger partial charge on any atom is 0.239 e. The van der Waals surface area contributed by atoms with E-state index in [2.05, 4.69) is 4.98 Å². The molecular formula is C12H16ClFN2O4S. The van der Waals surface area contributed by atoms with E-state index in [-0.39, 0.29) is 35.2 Å². The minimum Gasteiger partial charge on any atom is -0.473 e. The van der Waals surface area contributed by atoms with Crippen molar-refractivity contribution in [3.63, 3.8) is 0 Å². The summed E-state index contributed by atoms with van der Waals surface area (Å²) in [7, 11) is -3.90. The Morgan fingerprint density at radius 2 is 2.14 bits per heavy atom. The van der Waals surface area contributed by atoms with Crippen molar-refractivity contribution in [2.24, 2.45) is 5.14 Å². The van der Waals surface area contributed by atoms with E-state index in [1.54, 1.807) is 0 Å². The van der Waals surface area contributed by atoms with Crippen molar-refractivity contribution in [3.8, 4) is 5.88 Å². The minimum absolute atomic E-state index is 0.0489. The van der Waals surface area contributed by atoms with E-state index in [9.17, 15) is 17.9 Å². The third-order valence-electron chi connectivity index (χ3n) is 3.43. The number of rotatable bonds is 4. The Labute approximate surface area is 127 Å². The first-order chi connectivity index (χ1) is 9.70. The second-order valence-corrected chi connectivity index (χ2v) is 7.14.